The summed E-state index contributed by atoms with van der Waals surface area (Å²) in [7, 11) is 9.47. The fourth-order valence-corrected chi connectivity index (χ4v) is 10.6. The summed E-state index contributed by atoms with van der Waals surface area (Å²) in [5.41, 5.74) is -1.57. The molecule has 0 radical (unpaired) electrons. The van der Waals surface area contributed by atoms with E-state index in [2.05, 4.69) is 21.3 Å². The van der Waals surface area contributed by atoms with Gasteiger partial charge in [-0.3, -0.25) is 52.7 Å². The molecule has 0 aromatic carbocycles. The fourth-order valence-electron chi connectivity index (χ4n) is 10.6. The Labute approximate surface area is 512 Å². The number of aliphatic hydroxyl groups is 3. The number of carbonyl (C=O) groups is 11. The third-order valence-corrected chi connectivity index (χ3v) is 15.9. The summed E-state index contributed by atoms with van der Waals surface area (Å²) in [5.74, 6) is -10.8. The molecule has 25 nitrogen and oxygen atoms in total. The summed E-state index contributed by atoms with van der Waals surface area (Å²) in [6, 6.07) is -13.2. The van der Waals surface area contributed by atoms with E-state index in [1.165, 1.54) is 97.8 Å². The molecule has 0 aliphatic carbocycles. The summed E-state index contributed by atoms with van der Waals surface area (Å²) >= 11 is 0. The van der Waals surface area contributed by atoms with E-state index < -0.39 is 161 Å². The molecule has 1 rings (SSSR count). The minimum absolute atomic E-state index is 0.0254. The molecule has 492 valence electrons. The smallest absolute Gasteiger partial charge is 0.246 e. The van der Waals surface area contributed by atoms with Crippen LogP contribution in [0.25, 0.3) is 0 Å². The zero-order chi connectivity index (χ0) is 66.9. The zero-order valence-corrected chi connectivity index (χ0v) is 55.9. The van der Waals surface area contributed by atoms with E-state index in [1.54, 1.807) is 41.5 Å². The van der Waals surface area contributed by atoms with E-state index >= 15 is 9.59 Å². The number of carbonyl (C=O) groups excluding carboxylic acids is 11. The third-order valence-electron chi connectivity index (χ3n) is 15.9. The molecule has 12 atom stereocenters. The van der Waals surface area contributed by atoms with Crippen LogP contribution in [0.5, 0.6) is 0 Å². The first-order valence-corrected chi connectivity index (χ1v) is 30.3. The number of rotatable bonds is 15. The van der Waals surface area contributed by atoms with Crippen LogP contribution < -0.4 is 21.3 Å². The second-order valence-corrected chi connectivity index (χ2v) is 26.3. The lowest BCUT2D eigenvalue weighted by molar-refractivity contribution is -0.158. The lowest BCUT2D eigenvalue weighted by atomic mass is 9.91. The highest BCUT2D eigenvalue weighted by Crippen LogP contribution is 2.26. The highest BCUT2D eigenvalue weighted by atomic mass is 16.3. The molecule has 0 aromatic heterocycles. The molecule has 2 unspecified atom stereocenters. The van der Waals surface area contributed by atoms with Crippen LogP contribution in [0.15, 0.2) is 12.3 Å². The van der Waals surface area contributed by atoms with Crippen molar-refractivity contribution >= 4 is 65.0 Å². The average molecular weight is 1220 g/mol. The summed E-state index contributed by atoms with van der Waals surface area (Å²) in [4.78, 5) is 168. The predicted molar refractivity (Wildman–Crippen MR) is 327 cm³/mol. The van der Waals surface area contributed by atoms with Crippen LogP contribution in [0.4, 0.5) is 0 Å². The molecule has 11 amide bonds. The standard InChI is InChI=1S/C61H109N11O14/c1-24-41-56(81)66(17)32-46(74)67(18)42(28-33(2)3)53(78)65-47(36(8)9)59(84)68(19)43(29-34(4)5)52(77)62-39(13)51(76)63-40(14)55(80)70(21)45(31-61(15,16)86)58(83)69(20)44(30-35(6)7)57(82)71(22)48(37(10)11)60(85)72(23)49(54(79)64-41)50(75)38(12)26-25-27-73/h25,27,33-45,47-50,73,75,86H,24,26,28-32H2,1-23H3,(H,62,77)(H,63,76)(H,64,79)(H,65,78)/b27-25+/t38?,39-,40+,41-,42-,43-,44-,45-,47-,48-,49-,50?/m0/s1. The van der Waals surface area contributed by atoms with Gasteiger partial charge in [-0.15, -0.1) is 0 Å². The van der Waals surface area contributed by atoms with Gasteiger partial charge in [-0.25, -0.2) is 0 Å². The number of nitrogens with one attached hydrogen (secondary N) is 4. The normalized spacial score (nSPS) is 26.9. The predicted octanol–water partition coefficient (Wildman–Crippen LogP) is 1.88. The van der Waals surface area contributed by atoms with Gasteiger partial charge < -0.3 is 70.9 Å². The van der Waals surface area contributed by atoms with E-state index in [9.17, 15) is 58.5 Å². The first-order chi connectivity index (χ1) is 39.5. The first-order valence-electron chi connectivity index (χ1n) is 30.3. The summed E-state index contributed by atoms with van der Waals surface area (Å²) in [6.07, 6.45) is 0.486. The van der Waals surface area contributed by atoms with Crippen LogP contribution >= 0.6 is 0 Å². The van der Waals surface area contributed by atoms with Crippen molar-refractivity contribution in [2.75, 3.05) is 55.9 Å². The molecular formula is C61H109N11O14. The SMILES string of the molecule is CC[C@@H]1NC(=O)[C@H](C(O)C(C)C/C=C/O)N(C)C(=O)[C@H](C(C)C)N(C)C(=O)[C@H](CC(C)C)N(C)C(=O)[C@H](CC(C)(C)O)N(C)C(=O)[C@@H](C)NC(=O)[C@H](C)NC(=O)[C@H](CC(C)C)N(C)C(=O)[C@H](C(C)C)NC(=O)[C@H](CC(C)C)N(C)C(=O)CN(C)C1=O. The van der Waals surface area contributed by atoms with Crippen LogP contribution in [0, 0.1) is 35.5 Å². The van der Waals surface area contributed by atoms with Gasteiger partial charge in [0.1, 0.15) is 60.4 Å². The van der Waals surface area contributed by atoms with Crippen molar-refractivity contribution in [3.63, 3.8) is 0 Å². The monoisotopic (exact) mass is 1220 g/mol. The molecule has 0 saturated carbocycles. The van der Waals surface area contributed by atoms with E-state index in [0.29, 0.717) is 0 Å². The Hall–Kier alpha value is -6.37. The quantitative estimate of drug-likeness (QED) is 0.115. The van der Waals surface area contributed by atoms with Gasteiger partial charge in [-0.1, -0.05) is 83.1 Å². The summed E-state index contributed by atoms with van der Waals surface area (Å²) in [5, 5.41) is 43.5. The van der Waals surface area contributed by atoms with E-state index in [4.69, 9.17) is 0 Å². The van der Waals surface area contributed by atoms with Crippen LogP contribution in [-0.2, 0) is 52.7 Å². The van der Waals surface area contributed by atoms with Crippen LogP contribution in [0.3, 0.4) is 0 Å². The maximum Gasteiger partial charge on any atom is 0.246 e. The topological polar surface area (TPSA) is 319 Å². The number of hydrogen-bond acceptors (Lipinski definition) is 14. The van der Waals surface area contributed by atoms with Crippen LogP contribution in [0.2, 0.25) is 0 Å². The van der Waals surface area contributed by atoms with Crippen LogP contribution in [0.1, 0.15) is 149 Å². The Morgan fingerprint density at radius 3 is 1.42 bits per heavy atom. The molecule has 0 aromatic rings. The molecule has 1 heterocycles. The minimum atomic E-state index is -1.72. The molecule has 1 aliphatic rings. The van der Waals surface area contributed by atoms with Gasteiger partial charge in [0, 0.05) is 55.8 Å². The van der Waals surface area contributed by atoms with E-state index in [1.807, 2.05) is 41.5 Å². The Bertz CT molecular complexity index is 2380. The molecule has 1 saturated heterocycles. The average Bonchev–Trinajstić information content (AvgIpc) is 1.46. The van der Waals surface area contributed by atoms with Gasteiger partial charge in [-0.05, 0) is 101 Å². The number of likely N-dealkylation sites (N-methyl/N-ethyl adjacent to an activating group) is 7. The Kier molecular flexibility index (Phi) is 30.9. The van der Waals surface area contributed by atoms with Gasteiger partial charge >= 0.3 is 0 Å². The number of amides is 11. The van der Waals surface area contributed by atoms with Crippen molar-refractivity contribution < 1.29 is 68.1 Å². The van der Waals surface area contributed by atoms with Crippen molar-refractivity contribution in [2.45, 2.75) is 221 Å². The molecule has 25 heteroatoms. The van der Waals surface area contributed by atoms with Crippen LogP contribution in [-0.4, -0.2) is 243 Å². The van der Waals surface area contributed by atoms with Gasteiger partial charge in [0.05, 0.1) is 24.5 Å². The summed E-state index contributed by atoms with van der Waals surface area (Å²) in [6.45, 7) is 26.0. The van der Waals surface area contributed by atoms with Gasteiger partial charge in [0.25, 0.3) is 0 Å². The Morgan fingerprint density at radius 1 is 0.512 bits per heavy atom. The highest BCUT2D eigenvalue weighted by molar-refractivity contribution is 5.99. The molecule has 1 aliphatic heterocycles. The molecular weight excluding hydrogens is 1110 g/mol. The zero-order valence-electron chi connectivity index (χ0n) is 55.9. The largest absolute Gasteiger partial charge is 0.516 e. The maximum atomic E-state index is 15.1. The number of allylic oxidation sites excluding steroid dienone is 1. The lowest BCUT2D eigenvalue weighted by Crippen LogP contribution is -2.63. The van der Waals surface area contributed by atoms with Crippen molar-refractivity contribution in [1.82, 2.24) is 55.6 Å². The van der Waals surface area contributed by atoms with Crippen molar-refractivity contribution in [1.29, 1.82) is 0 Å². The van der Waals surface area contributed by atoms with Crippen molar-refractivity contribution in [2.24, 2.45) is 35.5 Å². The minimum Gasteiger partial charge on any atom is -0.516 e. The van der Waals surface area contributed by atoms with Gasteiger partial charge in [0.2, 0.25) is 65.0 Å². The summed E-state index contributed by atoms with van der Waals surface area (Å²) < 4.78 is 0. The molecule has 0 bridgehead atoms. The van der Waals surface area contributed by atoms with E-state index in [0.717, 1.165) is 25.9 Å². The van der Waals surface area contributed by atoms with Gasteiger partial charge in [0.15, 0.2) is 0 Å². The van der Waals surface area contributed by atoms with Crippen molar-refractivity contribution in [3.8, 4) is 0 Å². The fraction of sp³-hybridized carbons (Fsp3) is 0.787. The molecule has 0 spiro atoms. The number of hydrogen-bond donors (Lipinski definition) is 7. The highest BCUT2D eigenvalue weighted by Gasteiger charge is 2.46. The van der Waals surface area contributed by atoms with Gasteiger partial charge in [-0.2, -0.15) is 0 Å². The third kappa shape index (κ3) is 21.8. The maximum absolute atomic E-state index is 15.1. The molecule has 86 heavy (non-hydrogen) atoms. The first kappa shape index (κ1) is 77.6. The second-order valence-electron chi connectivity index (χ2n) is 26.3. The Morgan fingerprint density at radius 2 is 0.953 bits per heavy atom. The van der Waals surface area contributed by atoms with E-state index in [-0.39, 0.29) is 56.3 Å². The molecule has 7 N–H and O–H groups in total. The number of aliphatic hydroxyl groups excluding tert-OH is 2. The molecule has 1 fully saturated rings. The second kappa shape index (κ2) is 34.2. The Balaban J connectivity index is 4.36. The number of nitrogens with zero attached hydrogens (tertiary/aromatic N) is 7. The van der Waals surface area contributed by atoms with Crippen molar-refractivity contribution in [3.05, 3.63) is 12.3 Å². The lowest BCUT2D eigenvalue weighted by Gasteiger charge is -2.42.